The third-order valence-corrected chi connectivity index (χ3v) is 5.19. The van der Waals surface area contributed by atoms with Gasteiger partial charge in [-0.2, -0.15) is 5.10 Å². The Morgan fingerprint density at radius 3 is 2.79 bits per heavy atom. The Bertz CT molecular complexity index is 394. The molecule has 106 valence electrons. The SMILES string of the molecule is CC1(C)CC(=O)[C@H]2C(CCC3CCCC3)=NN[C@H]2C1. The Hall–Kier alpha value is -0.860. The second-order valence-corrected chi connectivity index (χ2v) is 7.52. The molecular weight excluding hydrogens is 236 g/mol. The first kappa shape index (κ1) is 13.1. The summed E-state index contributed by atoms with van der Waals surface area (Å²) in [6.07, 6.45) is 9.62. The molecule has 3 heteroatoms. The fourth-order valence-electron chi connectivity index (χ4n) is 4.23. The van der Waals surface area contributed by atoms with Gasteiger partial charge in [-0.1, -0.05) is 39.5 Å². The standard InChI is InChI=1S/C16H26N2O/c1-16(2)9-13-15(14(19)10-16)12(17-18-13)8-7-11-5-3-4-6-11/h11,13,15,18H,3-10H2,1-2H3/t13-,15-/m0/s1. The van der Waals surface area contributed by atoms with E-state index in [0.717, 1.165) is 30.9 Å². The normalized spacial score (nSPS) is 34.0. The number of hydrazone groups is 1. The molecule has 3 rings (SSSR count). The van der Waals surface area contributed by atoms with Gasteiger partial charge in [0.25, 0.3) is 0 Å². The van der Waals surface area contributed by atoms with Crippen LogP contribution in [0.4, 0.5) is 0 Å². The van der Waals surface area contributed by atoms with Gasteiger partial charge in [-0.05, 0) is 30.6 Å². The van der Waals surface area contributed by atoms with Crippen molar-refractivity contribution in [1.82, 2.24) is 5.43 Å². The molecular formula is C16H26N2O. The third-order valence-electron chi connectivity index (χ3n) is 5.19. The molecule has 19 heavy (non-hydrogen) atoms. The topological polar surface area (TPSA) is 41.5 Å². The van der Waals surface area contributed by atoms with Crippen LogP contribution in [0.1, 0.15) is 65.2 Å². The van der Waals surface area contributed by atoms with Gasteiger partial charge in [-0.25, -0.2) is 0 Å². The lowest BCUT2D eigenvalue weighted by atomic mass is 9.68. The lowest BCUT2D eigenvalue weighted by Crippen LogP contribution is -2.45. The van der Waals surface area contributed by atoms with Crippen LogP contribution in [-0.2, 0) is 4.79 Å². The Kier molecular flexibility index (Phi) is 3.40. The number of nitrogens with zero attached hydrogens (tertiary/aromatic N) is 1. The average molecular weight is 262 g/mol. The summed E-state index contributed by atoms with van der Waals surface area (Å²) >= 11 is 0. The molecule has 1 heterocycles. The highest BCUT2D eigenvalue weighted by molar-refractivity contribution is 6.07. The molecule has 2 fully saturated rings. The van der Waals surface area contributed by atoms with Crippen LogP contribution in [0.3, 0.4) is 0 Å². The zero-order chi connectivity index (χ0) is 13.5. The second kappa shape index (κ2) is 4.92. The lowest BCUT2D eigenvalue weighted by Gasteiger charge is -2.36. The van der Waals surface area contributed by atoms with E-state index in [2.05, 4.69) is 24.4 Å². The van der Waals surface area contributed by atoms with Crippen molar-refractivity contribution in [3.63, 3.8) is 0 Å². The van der Waals surface area contributed by atoms with Crippen LogP contribution in [-0.4, -0.2) is 17.5 Å². The summed E-state index contributed by atoms with van der Waals surface area (Å²) in [6, 6.07) is 0.273. The third kappa shape index (κ3) is 2.70. The number of fused-ring (bicyclic) bond motifs is 1. The first-order valence-corrected chi connectivity index (χ1v) is 7.90. The fourth-order valence-corrected chi connectivity index (χ4v) is 4.23. The molecule has 0 bridgehead atoms. The van der Waals surface area contributed by atoms with E-state index in [1.807, 2.05) is 0 Å². The van der Waals surface area contributed by atoms with Gasteiger partial charge in [0, 0.05) is 6.42 Å². The monoisotopic (exact) mass is 262 g/mol. The first-order chi connectivity index (χ1) is 9.05. The van der Waals surface area contributed by atoms with Crippen molar-refractivity contribution in [2.75, 3.05) is 0 Å². The Morgan fingerprint density at radius 2 is 2.05 bits per heavy atom. The van der Waals surface area contributed by atoms with Crippen molar-refractivity contribution in [2.24, 2.45) is 22.4 Å². The summed E-state index contributed by atoms with van der Waals surface area (Å²) in [7, 11) is 0. The summed E-state index contributed by atoms with van der Waals surface area (Å²) in [5.41, 5.74) is 4.53. The summed E-state index contributed by atoms with van der Waals surface area (Å²) in [4.78, 5) is 12.4. The van der Waals surface area contributed by atoms with E-state index in [0.29, 0.717) is 5.78 Å². The molecule has 0 unspecified atom stereocenters. The van der Waals surface area contributed by atoms with Crippen molar-refractivity contribution < 1.29 is 4.79 Å². The van der Waals surface area contributed by atoms with Crippen molar-refractivity contribution in [3.8, 4) is 0 Å². The minimum absolute atomic E-state index is 0.0921. The fraction of sp³-hybridized carbons (Fsp3) is 0.875. The van der Waals surface area contributed by atoms with E-state index >= 15 is 0 Å². The summed E-state index contributed by atoms with van der Waals surface area (Å²) in [5, 5.41) is 4.50. The van der Waals surface area contributed by atoms with Crippen LogP contribution in [0, 0.1) is 17.3 Å². The van der Waals surface area contributed by atoms with Gasteiger partial charge < -0.3 is 5.43 Å². The van der Waals surface area contributed by atoms with Crippen molar-refractivity contribution >= 4 is 11.5 Å². The summed E-state index contributed by atoms with van der Waals surface area (Å²) in [5.74, 6) is 1.39. The molecule has 1 N–H and O–H groups in total. The molecule has 0 aromatic carbocycles. The number of Topliss-reactive ketones (excluding diaryl/α,β-unsaturated/α-hetero) is 1. The smallest absolute Gasteiger partial charge is 0.144 e. The van der Waals surface area contributed by atoms with Crippen molar-refractivity contribution in [1.29, 1.82) is 0 Å². The average Bonchev–Trinajstić information content (AvgIpc) is 2.93. The zero-order valence-electron chi connectivity index (χ0n) is 12.2. The number of hydrogen-bond acceptors (Lipinski definition) is 3. The number of nitrogens with one attached hydrogen (secondary N) is 1. The molecule has 0 radical (unpaired) electrons. The van der Waals surface area contributed by atoms with Crippen LogP contribution < -0.4 is 5.43 Å². The van der Waals surface area contributed by atoms with E-state index in [9.17, 15) is 4.79 Å². The number of hydrogen-bond donors (Lipinski definition) is 1. The Morgan fingerprint density at radius 1 is 1.32 bits per heavy atom. The van der Waals surface area contributed by atoms with Gasteiger partial charge in [0.15, 0.2) is 0 Å². The Balaban J connectivity index is 1.60. The molecule has 0 amide bonds. The highest BCUT2D eigenvalue weighted by Crippen LogP contribution is 2.39. The molecule has 0 aromatic heterocycles. The van der Waals surface area contributed by atoms with E-state index in [1.165, 1.54) is 32.1 Å². The van der Waals surface area contributed by atoms with Gasteiger partial charge in [-0.3, -0.25) is 4.79 Å². The molecule has 0 spiro atoms. The molecule has 2 saturated carbocycles. The predicted octanol–water partition coefficient (Wildman–Crippen LogP) is 3.29. The highest BCUT2D eigenvalue weighted by Gasteiger charge is 2.45. The van der Waals surface area contributed by atoms with Gasteiger partial charge in [0.05, 0.1) is 17.7 Å². The van der Waals surface area contributed by atoms with Crippen LogP contribution in [0.5, 0.6) is 0 Å². The minimum atomic E-state index is 0.0921. The molecule has 3 nitrogen and oxygen atoms in total. The van der Waals surface area contributed by atoms with Crippen molar-refractivity contribution in [2.45, 2.75) is 71.3 Å². The summed E-state index contributed by atoms with van der Waals surface area (Å²) < 4.78 is 0. The lowest BCUT2D eigenvalue weighted by molar-refractivity contribution is -0.126. The van der Waals surface area contributed by atoms with E-state index < -0.39 is 0 Å². The molecule has 3 aliphatic rings. The van der Waals surface area contributed by atoms with Crippen LogP contribution in [0.25, 0.3) is 0 Å². The predicted molar refractivity (Wildman–Crippen MR) is 77.1 cm³/mol. The second-order valence-electron chi connectivity index (χ2n) is 7.52. The quantitative estimate of drug-likeness (QED) is 0.848. The van der Waals surface area contributed by atoms with Gasteiger partial charge >= 0.3 is 0 Å². The first-order valence-electron chi connectivity index (χ1n) is 7.90. The molecule has 0 aromatic rings. The maximum absolute atomic E-state index is 12.4. The van der Waals surface area contributed by atoms with Crippen LogP contribution in [0.15, 0.2) is 5.10 Å². The molecule has 1 aliphatic heterocycles. The number of ketones is 1. The van der Waals surface area contributed by atoms with Gasteiger partial charge in [-0.15, -0.1) is 0 Å². The van der Waals surface area contributed by atoms with Gasteiger partial charge in [0.1, 0.15) is 5.78 Å². The maximum atomic E-state index is 12.4. The van der Waals surface area contributed by atoms with E-state index in [4.69, 9.17) is 0 Å². The largest absolute Gasteiger partial charge is 0.306 e. The molecule has 0 saturated heterocycles. The van der Waals surface area contributed by atoms with Gasteiger partial charge in [0.2, 0.25) is 0 Å². The van der Waals surface area contributed by atoms with Crippen molar-refractivity contribution in [3.05, 3.63) is 0 Å². The zero-order valence-corrected chi connectivity index (χ0v) is 12.2. The Labute approximate surface area is 116 Å². The minimum Gasteiger partial charge on any atom is -0.306 e. The number of carbonyl (C=O) groups is 1. The molecule has 2 aliphatic carbocycles. The van der Waals surface area contributed by atoms with Crippen LogP contribution in [0.2, 0.25) is 0 Å². The number of rotatable bonds is 3. The molecule has 2 atom stereocenters. The highest BCUT2D eigenvalue weighted by atomic mass is 16.1. The maximum Gasteiger partial charge on any atom is 0.144 e. The summed E-state index contributed by atoms with van der Waals surface area (Å²) in [6.45, 7) is 4.39. The number of carbonyl (C=O) groups excluding carboxylic acids is 1. The van der Waals surface area contributed by atoms with E-state index in [-0.39, 0.29) is 17.4 Å². The van der Waals surface area contributed by atoms with E-state index in [1.54, 1.807) is 0 Å². The van der Waals surface area contributed by atoms with Crippen LogP contribution >= 0.6 is 0 Å².